The van der Waals surface area contributed by atoms with Crippen LogP contribution in [-0.4, -0.2) is 11.8 Å². The Bertz CT molecular complexity index is 631. The Morgan fingerprint density at radius 2 is 1.55 bits per heavy atom. The van der Waals surface area contributed by atoms with Crippen LogP contribution in [0.15, 0.2) is 30.4 Å². The van der Waals surface area contributed by atoms with Crippen molar-refractivity contribution < 1.29 is 9.59 Å². The van der Waals surface area contributed by atoms with Crippen molar-refractivity contribution in [1.29, 1.82) is 0 Å². The predicted octanol–water partition coefficient (Wildman–Crippen LogP) is 2.61. The largest absolute Gasteiger partial charge is 0.274 e. The molecule has 1 saturated heterocycles. The van der Waals surface area contributed by atoms with E-state index in [4.69, 9.17) is 0 Å². The molecule has 1 aliphatic heterocycles. The molecule has 2 unspecified atom stereocenters. The summed E-state index contributed by atoms with van der Waals surface area (Å²) in [5.74, 6) is 0.328. The fourth-order valence-electron chi connectivity index (χ4n) is 4.02. The lowest BCUT2D eigenvalue weighted by molar-refractivity contribution is -0.123. The number of imide groups is 1. The average molecular weight is 267 g/mol. The zero-order chi connectivity index (χ0) is 14.0. The van der Waals surface area contributed by atoms with E-state index in [1.165, 1.54) is 10.5 Å². The highest BCUT2D eigenvalue weighted by Crippen LogP contribution is 2.53. The predicted molar refractivity (Wildman–Crippen MR) is 76.1 cm³/mol. The molecule has 2 bridgehead atoms. The molecule has 3 nitrogen and oxygen atoms in total. The van der Waals surface area contributed by atoms with Gasteiger partial charge in [-0.15, -0.1) is 0 Å². The summed E-state index contributed by atoms with van der Waals surface area (Å²) in [6.07, 6.45) is 5.23. The van der Waals surface area contributed by atoms with Gasteiger partial charge in [-0.25, -0.2) is 0 Å². The number of allylic oxidation sites excluding steroid dienone is 2. The Morgan fingerprint density at radius 1 is 0.950 bits per heavy atom. The molecule has 0 radical (unpaired) electrons. The molecule has 4 rings (SSSR count). The first-order valence-corrected chi connectivity index (χ1v) is 7.21. The average Bonchev–Trinajstić information content (AvgIpc) is 3.08. The van der Waals surface area contributed by atoms with E-state index in [9.17, 15) is 9.59 Å². The van der Waals surface area contributed by atoms with Gasteiger partial charge >= 0.3 is 0 Å². The molecule has 1 aromatic rings. The number of rotatable bonds is 1. The number of carbonyl (C=O) groups is 2. The number of amides is 2. The van der Waals surface area contributed by atoms with Gasteiger partial charge in [0, 0.05) is 0 Å². The van der Waals surface area contributed by atoms with E-state index in [-0.39, 0.29) is 35.5 Å². The zero-order valence-electron chi connectivity index (χ0n) is 11.7. The number of carbonyl (C=O) groups excluding carboxylic acids is 2. The van der Waals surface area contributed by atoms with E-state index in [0.29, 0.717) is 0 Å². The number of hydrogen-bond donors (Lipinski definition) is 0. The van der Waals surface area contributed by atoms with Gasteiger partial charge in [0.1, 0.15) is 0 Å². The van der Waals surface area contributed by atoms with Crippen molar-refractivity contribution in [2.24, 2.45) is 23.7 Å². The summed E-state index contributed by atoms with van der Waals surface area (Å²) >= 11 is 0. The second-order valence-electron chi connectivity index (χ2n) is 6.28. The lowest BCUT2D eigenvalue weighted by Gasteiger charge is -2.18. The quantitative estimate of drug-likeness (QED) is 0.579. The van der Waals surface area contributed by atoms with Crippen molar-refractivity contribution in [3.05, 3.63) is 41.5 Å². The van der Waals surface area contributed by atoms with Crippen LogP contribution in [0.4, 0.5) is 5.69 Å². The third kappa shape index (κ3) is 1.35. The molecule has 4 atom stereocenters. The normalized spacial score (nSPS) is 34.2. The van der Waals surface area contributed by atoms with Crippen LogP contribution in [0.1, 0.15) is 17.5 Å². The molecule has 0 spiro atoms. The van der Waals surface area contributed by atoms with Crippen LogP contribution in [0.3, 0.4) is 0 Å². The van der Waals surface area contributed by atoms with Crippen molar-refractivity contribution in [2.45, 2.75) is 20.3 Å². The Morgan fingerprint density at radius 3 is 2.10 bits per heavy atom. The molecule has 0 aromatic heterocycles. The second-order valence-corrected chi connectivity index (χ2v) is 6.28. The number of aryl methyl sites for hydroxylation is 2. The minimum Gasteiger partial charge on any atom is -0.274 e. The van der Waals surface area contributed by atoms with E-state index >= 15 is 0 Å². The van der Waals surface area contributed by atoms with Gasteiger partial charge in [-0.05, 0) is 55.4 Å². The van der Waals surface area contributed by atoms with Crippen LogP contribution in [0.5, 0.6) is 0 Å². The smallest absolute Gasteiger partial charge is 0.238 e. The Balaban J connectivity index is 1.76. The summed E-state index contributed by atoms with van der Waals surface area (Å²) in [5, 5.41) is 0. The van der Waals surface area contributed by atoms with Crippen molar-refractivity contribution in [3.63, 3.8) is 0 Å². The number of fused-ring (bicyclic) bond motifs is 5. The summed E-state index contributed by atoms with van der Waals surface area (Å²) in [6, 6.07) is 5.81. The molecule has 2 amide bonds. The van der Waals surface area contributed by atoms with Gasteiger partial charge in [-0.2, -0.15) is 0 Å². The van der Waals surface area contributed by atoms with Crippen molar-refractivity contribution >= 4 is 17.5 Å². The van der Waals surface area contributed by atoms with Gasteiger partial charge in [0.2, 0.25) is 11.8 Å². The van der Waals surface area contributed by atoms with Crippen LogP contribution in [-0.2, 0) is 9.59 Å². The monoisotopic (exact) mass is 267 g/mol. The Hall–Kier alpha value is -1.90. The molecular weight excluding hydrogens is 250 g/mol. The first-order chi connectivity index (χ1) is 9.58. The molecule has 1 saturated carbocycles. The number of hydrogen-bond acceptors (Lipinski definition) is 2. The van der Waals surface area contributed by atoms with Gasteiger partial charge in [-0.1, -0.05) is 18.2 Å². The number of anilines is 1. The summed E-state index contributed by atoms with van der Waals surface area (Å²) in [4.78, 5) is 26.7. The Kier molecular flexibility index (Phi) is 2.27. The van der Waals surface area contributed by atoms with Gasteiger partial charge in [-0.3, -0.25) is 14.5 Å². The topological polar surface area (TPSA) is 37.4 Å². The van der Waals surface area contributed by atoms with E-state index in [2.05, 4.69) is 12.2 Å². The molecule has 2 aliphatic carbocycles. The van der Waals surface area contributed by atoms with E-state index in [1.54, 1.807) is 0 Å². The molecule has 2 fully saturated rings. The molecular formula is C17H17NO2. The molecule has 0 N–H and O–H groups in total. The van der Waals surface area contributed by atoms with Crippen LogP contribution < -0.4 is 4.90 Å². The van der Waals surface area contributed by atoms with Crippen molar-refractivity contribution in [1.82, 2.24) is 0 Å². The first kappa shape index (κ1) is 11.9. The fourth-order valence-corrected chi connectivity index (χ4v) is 4.02. The summed E-state index contributed by atoms with van der Waals surface area (Å²) in [5.41, 5.74) is 3.02. The summed E-state index contributed by atoms with van der Waals surface area (Å²) in [6.45, 7) is 4.04. The first-order valence-electron chi connectivity index (χ1n) is 7.21. The molecule has 102 valence electrons. The second kappa shape index (κ2) is 3.81. The maximum atomic E-state index is 12.7. The highest BCUT2D eigenvalue weighted by atomic mass is 16.2. The maximum Gasteiger partial charge on any atom is 0.238 e. The number of benzene rings is 1. The van der Waals surface area contributed by atoms with Gasteiger partial charge in [0.25, 0.3) is 0 Å². The van der Waals surface area contributed by atoms with Gasteiger partial charge in [0.05, 0.1) is 17.5 Å². The van der Waals surface area contributed by atoms with E-state index in [0.717, 1.165) is 17.7 Å². The van der Waals surface area contributed by atoms with Crippen LogP contribution in [0.2, 0.25) is 0 Å². The fraction of sp³-hybridized carbons (Fsp3) is 0.412. The third-order valence-corrected chi connectivity index (χ3v) is 5.22. The molecule has 3 aliphatic rings. The number of nitrogens with zero attached hydrogens (tertiary/aromatic N) is 1. The Labute approximate surface area is 118 Å². The molecule has 3 heteroatoms. The lowest BCUT2D eigenvalue weighted by Crippen LogP contribution is -2.32. The van der Waals surface area contributed by atoms with E-state index in [1.807, 2.05) is 32.0 Å². The molecule has 1 heterocycles. The summed E-state index contributed by atoms with van der Waals surface area (Å²) < 4.78 is 0. The molecule has 20 heavy (non-hydrogen) atoms. The third-order valence-electron chi connectivity index (χ3n) is 5.22. The van der Waals surface area contributed by atoms with E-state index < -0.39 is 0 Å². The zero-order valence-corrected chi connectivity index (χ0v) is 11.7. The highest BCUT2D eigenvalue weighted by molar-refractivity contribution is 6.22. The van der Waals surface area contributed by atoms with Crippen LogP contribution in [0, 0.1) is 37.5 Å². The molecule has 1 aromatic carbocycles. The van der Waals surface area contributed by atoms with Crippen molar-refractivity contribution in [2.75, 3.05) is 4.90 Å². The minimum absolute atomic E-state index is 0.0000954. The minimum atomic E-state index is -0.112. The standard InChI is InChI=1S/C17H17NO2/c1-9-3-6-13(7-10(9)2)18-16(19)14-11-4-5-12(8-11)15(14)17(18)20/h3-7,11-12,14-15H,8H2,1-2H3/t11?,12?,14-,15+. The van der Waals surface area contributed by atoms with Crippen molar-refractivity contribution in [3.8, 4) is 0 Å². The van der Waals surface area contributed by atoms with Gasteiger partial charge < -0.3 is 0 Å². The van der Waals surface area contributed by atoms with Crippen LogP contribution in [0.25, 0.3) is 0 Å². The highest BCUT2D eigenvalue weighted by Gasteiger charge is 2.59. The SMILES string of the molecule is Cc1ccc(N2C(=O)[C@@H]3C4C=CC(C4)[C@@H]3C2=O)cc1C. The maximum absolute atomic E-state index is 12.7. The van der Waals surface area contributed by atoms with Gasteiger partial charge in [0.15, 0.2) is 0 Å². The lowest BCUT2D eigenvalue weighted by atomic mass is 9.85. The summed E-state index contributed by atoms with van der Waals surface area (Å²) in [7, 11) is 0. The van der Waals surface area contributed by atoms with Crippen LogP contribution >= 0.6 is 0 Å².